The third-order valence-corrected chi connectivity index (χ3v) is 4.80. The summed E-state index contributed by atoms with van der Waals surface area (Å²) in [5.41, 5.74) is 5.81. The fourth-order valence-electron chi connectivity index (χ4n) is 2.27. The zero-order chi connectivity index (χ0) is 23.6. The van der Waals surface area contributed by atoms with Crippen LogP contribution < -0.4 is 21.7 Å². The second-order valence-corrected chi connectivity index (χ2v) is 7.24. The summed E-state index contributed by atoms with van der Waals surface area (Å²) in [4.78, 5) is 58.8. The number of thiol groups is 1. The number of carbonyl (C=O) groups excluding carboxylic acids is 3. The summed E-state index contributed by atoms with van der Waals surface area (Å²) in [5.74, 6) is -6.02. The van der Waals surface area contributed by atoms with Gasteiger partial charge in [-0.25, -0.2) is 4.79 Å². The van der Waals surface area contributed by atoms with Gasteiger partial charge in [0.05, 0.1) is 18.6 Å². The molecule has 172 valence electrons. The molecular weight excluding hydrogens is 420 g/mol. The minimum absolute atomic E-state index is 0.180. The number of carboxylic acids is 2. The quantitative estimate of drug-likeness (QED) is 0.141. The van der Waals surface area contributed by atoms with Crippen molar-refractivity contribution >= 4 is 42.3 Å². The predicted molar refractivity (Wildman–Crippen MR) is 109 cm³/mol. The summed E-state index contributed by atoms with van der Waals surface area (Å²) in [6.07, 6.45) is -1.59. The number of hydrogen-bond donors (Lipinski definition) is 8. The monoisotopic (exact) mass is 450 g/mol. The van der Waals surface area contributed by atoms with Crippen LogP contribution in [-0.4, -0.2) is 81.0 Å². The van der Waals surface area contributed by atoms with Crippen molar-refractivity contribution in [3.05, 3.63) is 0 Å². The van der Waals surface area contributed by atoms with Gasteiger partial charge in [-0.05, 0) is 12.8 Å². The summed E-state index contributed by atoms with van der Waals surface area (Å²) in [7, 11) is 0. The lowest BCUT2D eigenvalue weighted by atomic mass is 9.98. The molecule has 6 atom stereocenters. The Morgan fingerprint density at radius 1 is 0.933 bits per heavy atom. The summed E-state index contributed by atoms with van der Waals surface area (Å²) in [6, 6.07) is -5.41. The molecule has 0 saturated heterocycles. The molecule has 0 radical (unpaired) electrons. The number of aliphatic hydroxyl groups is 1. The van der Waals surface area contributed by atoms with Crippen molar-refractivity contribution in [1.29, 1.82) is 0 Å². The normalized spacial score (nSPS) is 16.9. The lowest BCUT2D eigenvalue weighted by Gasteiger charge is -2.26. The number of nitrogens with two attached hydrogens (primary N) is 1. The SMILES string of the molecule is CCC(C)C(N)C(=O)NC(C(=O)NC(CS)C(=O)NC(CC(=O)O)C(=O)O)C(C)O. The van der Waals surface area contributed by atoms with Gasteiger partial charge in [0.25, 0.3) is 0 Å². The number of carbonyl (C=O) groups is 5. The van der Waals surface area contributed by atoms with E-state index in [0.717, 1.165) is 0 Å². The van der Waals surface area contributed by atoms with Gasteiger partial charge in [0, 0.05) is 5.75 Å². The van der Waals surface area contributed by atoms with E-state index >= 15 is 0 Å². The van der Waals surface area contributed by atoms with Crippen molar-refractivity contribution in [3.63, 3.8) is 0 Å². The zero-order valence-corrected chi connectivity index (χ0v) is 17.9. The number of carboxylic acid groups (broad SMARTS) is 2. The predicted octanol–water partition coefficient (Wildman–Crippen LogP) is -2.32. The molecule has 0 aromatic carbocycles. The maximum absolute atomic E-state index is 12.5. The fourth-order valence-corrected chi connectivity index (χ4v) is 2.53. The van der Waals surface area contributed by atoms with Crippen molar-refractivity contribution in [1.82, 2.24) is 16.0 Å². The van der Waals surface area contributed by atoms with Crippen molar-refractivity contribution in [3.8, 4) is 0 Å². The molecule has 0 bridgehead atoms. The van der Waals surface area contributed by atoms with Crippen molar-refractivity contribution in [2.75, 3.05) is 5.75 Å². The highest BCUT2D eigenvalue weighted by atomic mass is 32.1. The second kappa shape index (κ2) is 13.0. The van der Waals surface area contributed by atoms with E-state index in [1.165, 1.54) is 6.92 Å². The van der Waals surface area contributed by atoms with E-state index in [0.29, 0.717) is 6.42 Å². The largest absolute Gasteiger partial charge is 0.481 e. The summed E-state index contributed by atoms with van der Waals surface area (Å²) in [6.45, 7) is 4.84. The molecule has 6 unspecified atom stereocenters. The highest BCUT2D eigenvalue weighted by Crippen LogP contribution is 2.06. The smallest absolute Gasteiger partial charge is 0.326 e. The van der Waals surface area contributed by atoms with Crippen LogP contribution in [0.25, 0.3) is 0 Å². The molecule has 0 aliphatic rings. The minimum atomic E-state index is -1.71. The molecule has 12 nitrogen and oxygen atoms in total. The summed E-state index contributed by atoms with van der Waals surface area (Å²) < 4.78 is 0. The topological polar surface area (TPSA) is 208 Å². The van der Waals surface area contributed by atoms with Crippen molar-refractivity contribution in [2.24, 2.45) is 11.7 Å². The highest BCUT2D eigenvalue weighted by molar-refractivity contribution is 7.80. The van der Waals surface area contributed by atoms with Crippen LogP contribution in [0.15, 0.2) is 0 Å². The van der Waals surface area contributed by atoms with Gasteiger partial charge in [0.15, 0.2) is 0 Å². The van der Waals surface area contributed by atoms with Crippen LogP contribution in [0, 0.1) is 5.92 Å². The summed E-state index contributed by atoms with van der Waals surface area (Å²) >= 11 is 3.93. The first-order valence-corrected chi connectivity index (χ1v) is 9.89. The standard InChI is InChI=1S/C17H30N4O8S/c1-4-7(2)12(18)15(26)21-13(8(3)22)16(27)20-10(6-30)14(25)19-9(17(28)29)5-11(23)24/h7-10,12-13,22,30H,4-6,18H2,1-3H3,(H,19,25)(H,20,27)(H,21,26)(H,23,24)(H,28,29). The molecule has 0 rings (SSSR count). The zero-order valence-electron chi connectivity index (χ0n) is 17.0. The van der Waals surface area contributed by atoms with E-state index in [2.05, 4.69) is 23.3 Å². The molecule has 0 spiro atoms. The third-order valence-electron chi connectivity index (χ3n) is 4.43. The molecule has 0 aromatic rings. The van der Waals surface area contributed by atoms with Gasteiger partial charge in [-0.15, -0.1) is 0 Å². The Morgan fingerprint density at radius 2 is 1.47 bits per heavy atom. The first-order chi connectivity index (χ1) is 13.8. The first kappa shape index (κ1) is 27.6. The van der Waals surface area contributed by atoms with E-state index < -0.39 is 66.4 Å². The Balaban J connectivity index is 5.22. The lowest BCUT2D eigenvalue weighted by Crippen LogP contribution is -2.60. The third kappa shape index (κ3) is 8.97. The average Bonchev–Trinajstić information content (AvgIpc) is 2.66. The van der Waals surface area contributed by atoms with Crippen molar-refractivity contribution < 1.29 is 39.3 Å². The molecule has 0 aromatic heterocycles. The van der Waals surface area contributed by atoms with Crippen LogP contribution in [0.4, 0.5) is 0 Å². The van der Waals surface area contributed by atoms with Gasteiger partial charge in [0.2, 0.25) is 17.7 Å². The molecule has 0 aliphatic carbocycles. The molecule has 0 fully saturated rings. The van der Waals surface area contributed by atoms with Gasteiger partial charge >= 0.3 is 11.9 Å². The number of aliphatic carboxylic acids is 2. The Kier molecular flexibility index (Phi) is 12.0. The molecule has 0 heterocycles. The van der Waals surface area contributed by atoms with Crippen LogP contribution in [-0.2, 0) is 24.0 Å². The van der Waals surface area contributed by atoms with Gasteiger partial charge in [-0.2, -0.15) is 12.6 Å². The molecular formula is C17H30N4O8S. The molecule has 13 heteroatoms. The van der Waals surface area contributed by atoms with Crippen LogP contribution >= 0.6 is 12.6 Å². The minimum Gasteiger partial charge on any atom is -0.481 e. The number of hydrogen-bond acceptors (Lipinski definition) is 8. The molecule has 30 heavy (non-hydrogen) atoms. The maximum Gasteiger partial charge on any atom is 0.326 e. The van der Waals surface area contributed by atoms with Crippen molar-refractivity contribution in [2.45, 2.75) is 63.9 Å². The number of aliphatic hydroxyl groups excluding tert-OH is 1. The van der Waals surface area contributed by atoms with Crippen LogP contribution in [0.1, 0.15) is 33.6 Å². The van der Waals surface area contributed by atoms with Gasteiger partial charge in [0.1, 0.15) is 18.1 Å². The van der Waals surface area contributed by atoms with Crippen LogP contribution in [0.2, 0.25) is 0 Å². The Hall–Kier alpha value is -2.38. The van der Waals surface area contributed by atoms with Crippen LogP contribution in [0.5, 0.6) is 0 Å². The maximum atomic E-state index is 12.5. The summed E-state index contributed by atoms with van der Waals surface area (Å²) in [5, 5.41) is 34.2. The van der Waals surface area contributed by atoms with E-state index in [4.69, 9.17) is 15.9 Å². The second-order valence-electron chi connectivity index (χ2n) is 6.88. The molecule has 8 N–H and O–H groups in total. The highest BCUT2D eigenvalue weighted by Gasteiger charge is 2.33. The number of nitrogens with one attached hydrogen (secondary N) is 3. The van der Waals surface area contributed by atoms with E-state index in [1.54, 1.807) is 6.92 Å². The Morgan fingerprint density at radius 3 is 1.87 bits per heavy atom. The van der Waals surface area contributed by atoms with Crippen LogP contribution in [0.3, 0.4) is 0 Å². The lowest BCUT2D eigenvalue weighted by molar-refractivity contribution is -0.147. The van der Waals surface area contributed by atoms with E-state index in [-0.39, 0.29) is 11.7 Å². The van der Waals surface area contributed by atoms with E-state index in [1.807, 2.05) is 12.2 Å². The van der Waals surface area contributed by atoms with Gasteiger partial charge < -0.3 is 37.0 Å². The molecule has 0 saturated carbocycles. The number of amides is 3. The molecule has 3 amide bonds. The Labute approximate surface area is 179 Å². The Bertz CT molecular complexity index is 645. The average molecular weight is 451 g/mol. The first-order valence-electron chi connectivity index (χ1n) is 9.25. The van der Waals surface area contributed by atoms with E-state index in [9.17, 15) is 29.1 Å². The van der Waals surface area contributed by atoms with Gasteiger partial charge in [-0.3, -0.25) is 19.2 Å². The fraction of sp³-hybridized carbons (Fsp3) is 0.706. The number of rotatable bonds is 13. The molecule has 0 aliphatic heterocycles. The van der Waals surface area contributed by atoms with Gasteiger partial charge in [-0.1, -0.05) is 20.3 Å².